The van der Waals surface area contributed by atoms with E-state index < -0.39 is 6.10 Å². The van der Waals surface area contributed by atoms with Crippen molar-refractivity contribution in [2.75, 3.05) is 6.54 Å². The van der Waals surface area contributed by atoms with Crippen LogP contribution in [0.5, 0.6) is 5.75 Å². The van der Waals surface area contributed by atoms with E-state index in [-0.39, 0.29) is 5.75 Å². The second-order valence-electron chi connectivity index (χ2n) is 3.26. The zero-order valence-electron chi connectivity index (χ0n) is 8.00. The Balaban J connectivity index is 3.07. The fourth-order valence-corrected chi connectivity index (χ4v) is 1.57. The van der Waals surface area contributed by atoms with Crippen molar-refractivity contribution < 1.29 is 10.2 Å². The highest BCUT2D eigenvalue weighted by Gasteiger charge is 2.13. The van der Waals surface area contributed by atoms with Crippen LogP contribution in [-0.2, 0) is 0 Å². The normalized spacial score (nSPS) is 12.9. The van der Waals surface area contributed by atoms with Gasteiger partial charge in [-0.2, -0.15) is 0 Å². The van der Waals surface area contributed by atoms with Crippen LogP contribution in [0, 0.1) is 6.92 Å². The van der Waals surface area contributed by atoms with Crippen molar-refractivity contribution in [1.82, 2.24) is 0 Å². The number of phenols is 1. The van der Waals surface area contributed by atoms with Crippen LogP contribution >= 0.6 is 11.6 Å². The highest BCUT2D eigenvalue weighted by atomic mass is 35.5. The van der Waals surface area contributed by atoms with Crippen molar-refractivity contribution in [2.45, 2.75) is 19.4 Å². The van der Waals surface area contributed by atoms with E-state index in [0.29, 0.717) is 23.6 Å². The summed E-state index contributed by atoms with van der Waals surface area (Å²) in [7, 11) is 0. The predicted molar refractivity (Wildman–Crippen MR) is 56.5 cm³/mol. The minimum Gasteiger partial charge on any atom is -0.508 e. The molecule has 0 radical (unpaired) electrons. The van der Waals surface area contributed by atoms with Crippen LogP contribution in [0.1, 0.15) is 23.7 Å². The van der Waals surface area contributed by atoms with Crippen LogP contribution in [0.25, 0.3) is 0 Å². The fourth-order valence-electron chi connectivity index (χ4n) is 1.33. The molecule has 1 atom stereocenters. The highest BCUT2D eigenvalue weighted by Crippen LogP contribution is 2.31. The van der Waals surface area contributed by atoms with Gasteiger partial charge >= 0.3 is 0 Å². The number of aliphatic hydroxyl groups is 1. The Bertz CT molecular complexity index is 328. The Morgan fingerprint density at radius 2 is 2.14 bits per heavy atom. The molecule has 0 saturated heterocycles. The van der Waals surface area contributed by atoms with E-state index in [4.69, 9.17) is 17.3 Å². The Morgan fingerprint density at radius 1 is 1.50 bits per heavy atom. The first kappa shape index (κ1) is 11.3. The zero-order valence-corrected chi connectivity index (χ0v) is 8.75. The standard InChI is InChI=1S/C10H14ClNO2/c1-6-4-7(13)5-8(10(6)11)9(14)2-3-12/h4-5,9,13-14H,2-3,12H2,1H3. The van der Waals surface area contributed by atoms with Gasteiger partial charge in [0, 0.05) is 10.6 Å². The van der Waals surface area contributed by atoms with Gasteiger partial charge < -0.3 is 15.9 Å². The molecule has 1 aromatic carbocycles. The molecule has 1 rings (SSSR count). The Labute approximate surface area is 88.1 Å². The zero-order chi connectivity index (χ0) is 10.7. The summed E-state index contributed by atoms with van der Waals surface area (Å²) in [6.45, 7) is 2.16. The number of nitrogens with two attached hydrogens (primary N) is 1. The topological polar surface area (TPSA) is 66.5 Å². The Kier molecular flexibility index (Phi) is 3.75. The molecular weight excluding hydrogens is 202 g/mol. The Hall–Kier alpha value is -0.770. The third-order valence-corrected chi connectivity index (χ3v) is 2.58. The maximum atomic E-state index is 9.67. The number of halogens is 1. The second kappa shape index (κ2) is 4.64. The molecule has 3 nitrogen and oxygen atoms in total. The van der Waals surface area contributed by atoms with Crippen LogP contribution in [0.2, 0.25) is 5.02 Å². The largest absolute Gasteiger partial charge is 0.508 e. The molecular formula is C10H14ClNO2. The number of phenolic OH excluding ortho intramolecular Hbond substituents is 1. The molecule has 0 aliphatic carbocycles. The van der Waals surface area contributed by atoms with Crippen LogP contribution in [0.3, 0.4) is 0 Å². The number of benzene rings is 1. The van der Waals surface area contributed by atoms with Gasteiger partial charge in [0.25, 0.3) is 0 Å². The second-order valence-corrected chi connectivity index (χ2v) is 3.64. The third-order valence-electron chi connectivity index (χ3n) is 2.07. The number of aromatic hydroxyl groups is 1. The van der Waals surface area contributed by atoms with Crippen LogP contribution in [0.4, 0.5) is 0 Å². The fraction of sp³-hybridized carbons (Fsp3) is 0.400. The highest BCUT2D eigenvalue weighted by molar-refractivity contribution is 6.32. The average molecular weight is 216 g/mol. The van der Waals surface area contributed by atoms with Crippen molar-refractivity contribution in [1.29, 1.82) is 0 Å². The quantitative estimate of drug-likeness (QED) is 0.720. The van der Waals surface area contributed by atoms with Crippen molar-refractivity contribution in [3.63, 3.8) is 0 Å². The molecule has 0 bridgehead atoms. The molecule has 4 heteroatoms. The van der Waals surface area contributed by atoms with Crippen molar-refractivity contribution in [2.24, 2.45) is 5.73 Å². The first-order valence-electron chi connectivity index (χ1n) is 4.43. The summed E-state index contributed by atoms with van der Waals surface area (Å²) in [5.41, 5.74) is 6.61. The number of aryl methyl sites for hydroxylation is 1. The van der Waals surface area contributed by atoms with E-state index in [0.717, 1.165) is 5.56 Å². The average Bonchev–Trinajstić information content (AvgIpc) is 2.11. The minimum absolute atomic E-state index is 0.109. The lowest BCUT2D eigenvalue weighted by molar-refractivity contribution is 0.170. The molecule has 0 spiro atoms. The van der Waals surface area contributed by atoms with Gasteiger partial charge in [-0.3, -0.25) is 0 Å². The molecule has 0 aromatic heterocycles. The summed E-state index contributed by atoms with van der Waals surface area (Å²) in [5, 5.41) is 19.5. The summed E-state index contributed by atoms with van der Waals surface area (Å²) in [5.74, 6) is 0.109. The number of hydrogen-bond acceptors (Lipinski definition) is 3. The number of aliphatic hydroxyl groups excluding tert-OH is 1. The van der Waals surface area contributed by atoms with Crippen LogP contribution in [0.15, 0.2) is 12.1 Å². The smallest absolute Gasteiger partial charge is 0.116 e. The summed E-state index contributed by atoms with van der Waals surface area (Å²) < 4.78 is 0. The van der Waals surface area contributed by atoms with Gasteiger partial charge in [-0.05, 0) is 37.6 Å². The van der Waals surface area contributed by atoms with Gasteiger partial charge in [-0.1, -0.05) is 11.6 Å². The van der Waals surface area contributed by atoms with E-state index >= 15 is 0 Å². The van der Waals surface area contributed by atoms with Gasteiger partial charge in [-0.15, -0.1) is 0 Å². The van der Waals surface area contributed by atoms with Crippen LogP contribution in [-0.4, -0.2) is 16.8 Å². The lowest BCUT2D eigenvalue weighted by atomic mass is 10.0. The van der Waals surface area contributed by atoms with Crippen molar-refractivity contribution >= 4 is 11.6 Å². The molecule has 0 saturated carbocycles. The SMILES string of the molecule is Cc1cc(O)cc(C(O)CCN)c1Cl. The Morgan fingerprint density at radius 3 is 2.71 bits per heavy atom. The first-order chi connectivity index (χ1) is 6.56. The van der Waals surface area contributed by atoms with Gasteiger partial charge in [-0.25, -0.2) is 0 Å². The van der Waals surface area contributed by atoms with Crippen LogP contribution < -0.4 is 5.73 Å². The molecule has 0 fully saturated rings. The molecule has 4 N–H and O–H groups in total. The molecule has 0 amide bonds. The van der Waals surface area contributed by atoms with Crippen molar-refractivity contribution in [3.05, 3.63) is 28.3 Å². The van der Waals surface area contributed by atoms with E-state index in [1.165, 1.54) is 6.07 Å². The van der Waals surface area contributed by atoms with Gasteiger partial charge in [0.2, 0.25) is 0 Å². The van der Waals surface area contributed by atoms with E-state index in [1.54, 1.807) is 13.0 Å². The molecule has 1 unspecified atom stereocenters. The summed E-state index contributed by atoms with van der Waals surface area (Å²) in [6, 6.07) is 3.02. The maximum Gasteiger partial charge on any atom is 0.116 e. The summed E-state index contributed by atoms with van der Waals surface area (Å²) in [4.78, 5) is 0. The lowest BCUT2D eigenvalue weighted by Crippen LogP contribution is -2.07. The van der Waals surface area contributed by atoms with E-state index in [2.05, 4.69) is 0 Å². The first-order valence-corrected chi connectivity index (χ1v) is 4.81. The molecule has 0 aliphatic heterocycles. The predicted octanol–water partition coefficient (Wildman–Crippen LogP) is 1.74. The van der Waals surface area contributed by atoms with Gasteiger partial charge in [0.05, 0.1) is 6.10 Å². The molecule has 78 valence electrons. The maximum absolute atomic E-state index is 9.67. The molecule has 14 heavy (non-hydrogen) atoms. The summed E-state index contributed by atoms with van der Waals surface area (Å²) in [6.07, 6.45) is -0.277. The van der Waals surface area contributed by atoms with E-state index in [1.807, 2.05) is 0 Å². The number of rotatable bonds is 3. The van der Waals surface area contributed by atoms with Crippen molar-refractivity contribution in [3.8, 4) is 5.75 Å². The monoisotopic (exact) mass is 215 g/mol. The third kappa shape index (κ3) is 2.38. The summed E-state index contributed by atoms with van der Waals surface area (Å²) >= 11 is 5.98. The minimum atomic E-state index is -0.710. The van der Waals surface area contributed by atoms with E-state index in [9.17, 15) is 10.2 Å². The molecule has 0 aliphatic rings. The lowest BCUT2D eigenvalue weighted by Gasteiger charge is -2.13. The molecule has 0 heterocycles. The van der Waals surface area contributed by atoms with Gasteiger partial charge in [0.1, 0.15) is 5.75 Å². The molecule has 1 aromatic rings. The van der Waals surface area contributed by atoms with Gasteiger partial charge in [0.15, 0.2) is 0 Å². The number of hydrogen-bond donors (Lipinski definition) is 3.